The molecule has 2 aromatic heterocycles. The predicted molar refractivity (Wildman–Crippen MR) is 104 cm³/mol. The Morgan fingerprint density at radius 3 is 2.52 bits per heavy atom. The van der Waals surface area contributed by atoms with Crippen LogP contribution in [0.3, 0.4) is 0 Å². The van der Waals surface area contributed by atoms with Crippen molar-refractivity contribution in [2.24, 2.45) is 0 Å². The number of hydrogen-bond acceptors (Lipinski definition) is 5. The molecule has 0 atom stereocenters. The number of rotatable bonds is 5. The molecule has 0 radical (unpaired) electrons. The summed E-state index contributed by atoms with van der Waals surface area (Å²) >= 11 is 0. The third-order valence-corrected chi connectivity index (χ3v) is 4.72. The number of sulfonamides is 1. The van der Waals surface area contributed by atoms with E-state index in [0.29, 0.717) is 16.6 Å². The Morgan fingerprint density at radius 2 is 1.96 bits per heavy atom. The number of hydrogen-bond donors (Lipinski definition) is 2. The largest absolute Gasteiger partial charge is 0.348 e. The van der Waals surface area contributed by atoms with Gasteiger partial charge in [-0.05, 0) is 43.5 Å². The lowest BCUT2D eigenvalue weighted by Crippen LogP contribution is -2.43. The quantitative estimate of drug-likeness (QED) is 0.677. The second-order valence-corrected chi connectivity index (χ2v) is 8.37. The minimum Gasteiger partial charge on any atom is -0.305 e. The molecule has 0 aliphatic carbocycles. The predicted octanol–water partition coefficient (Wildman–Crippen LogP) is 1.20. The van der Waals surface area contributed by atoms with Crippen molar-refractivity contribution in [2.75, 3.05) is 11.1 Å². The van der Waals surface area contributed by atoms with Crippen molar-refractivity contribution in [3.8, 4) is 11.1 Å². The third-order valence-electron chi connectivity index (χ3n) is 4.20. The van der Waals surface area contributed by atoms with Crippen molar-refractivity contribution in [1.82, 2.24) is 19.4 Å². The summed E-state index contributed by atoms with van der Waals surface area (Å²) in [6.07, 6.45) is 5.17. The molecule has 144 valence electrons. The first-order valence-corrected chi connectivity index (χ1v) is 10.3. The number of H-pyrrole nitrogens is 1. The van der Waals surface area contributed by atoms with E-state index in [4.69, 9.17) is 0 Å². The lowest BCUT2D eigenvalue weighted by atomic mass is 9.98. The Bertz CT molecular complexity index is 1230. The average molecular weight is 391 g/mol. The van der Waals surface area contributed by atoms with E-state index in [1.165, 1.54) is 0 Å². The smallest absolute Gasteiger partial charge is 0.305 e. The van der Waals surface area contributed by atoms with E-state index in [2.05, 4.69) is 10.1 Å². The molecule has 0 aliphatic heterocycles. The van der Waals surface area contributed by atoms with E-state index >= 15 is 0 Å². The molecular weight excluding hydrogens is 370 g/mol. The number of aryl methyl sites for hydroxylation is 1. The lowest BCUT2D eigenvalue weighted by molar-refractivity contribution is 0.532. The van der Waals surface area contributed by atoms with E-state index in [-0.39, 0.29) is 11.4 Å². The Balaban J connectivity index is 2.29. The van der Waals surface area contributed by atoms with Crippen LogP contribution in [0.1, 0.15) is 32.4 Å². The monoisotopic (exact) mass is 391 g/mol. The van der Waals surface area contributed by atoms with Gasteiger partial charge in [0.15, 0.2) is 0 Å². The third kappa shape index (κ3) is 3.65. The van der Waals surface area contributed by atoms with E-state index in [9.17, 15) is 18.0 Å². The topological polar surface area (TPSA) is 119 Å². The van der Waals surface area contributed by atoms with E-state index in [1.807, 2.05) is 36.5 Å². The molecule has 27 heavy (non-hydrogen) atoms. The summed E-state index contributed by atoms with van der Waals surface area (Å²) in [5, 5.41) is 4.54. The maximum atomic E-state index is 12.7. The van der Waals surface area contributed by atoms with Gasteiger partial charge in [0.05, 0.1) is 23.4 Å². The van der Waals surface area contributed by atoms with Crippen molar-refractivity contribution < 1.29 is 8.42 Å². The van der Waals surface area contributed by atoms with Gasteiger partial charge in [-0.3, -0.25) is 9.48 Å². The molecule has 0 spiro atoms. The fraction of sp³-hybridized carbons (Fsp3) is 0.353. The first kappa shape index (κ1) is 18.9. The Morgan fingerprint density at radius 1 is 1.26 bits per heavy atom. The second-order valence-electron chi connectivity index (χ2n) is 6.65. The maximum Gasteiger partial charge on any atom is 0.348 e. The van der Waals surface area contributed by atoms with E-state index in [0.717, 1.165) is 22.9 Å². The van der Waals surface area contributed by atoms with Gasteiger partial charge in [0, 0.05) is 17.8 Å². The first-order valence-electron chi connectivity index (χ1n) is 8.45. The molecule has 2 N–H and O–H groups in total. The van der Waals surface area contributed by atoms with Gasteiger partial charge in [0.2, 0.25) is 10.0 Å². The molecule has 3 rings (SSSR count). The highest BCUT2D eigenvalue weighted by Crippen LogP contribution is 2.27. The van der Waals surface area contributed by atoms with Crippen molar-refractivity contribution in [1.29, 1.82) is 0 Å². The number of nitrogens with zero attached hydrogens (tertiary/aromatic N) is 3. The number of aromatic nitrogens is 4. The van der Waals surface area contributed by atoms with Crippen molar-refractivity contribution >= 4 is 20.9 Å². The van der Waals surface area contributed by atoms with Crippen LogP contribution >= 0.6 is 0 Å². The van der Waals surface area contributed by atoms with Crippen LogP contribution < -0.4 is 16.1 Å². The normalized spacial score (nSPS) is 12.0. The molecule has 0 amide bonds. The fourth-order valence-electron chi connectivity index (χ4n) is 2.88. The van der Waals surface area contributed by atoms with Gasteiger partial charge < -0.3 is 4.98 Å². The molecule has 0 saturated heterocycles. The van der Waals surface area contributed by atoms with Crippen LogP contribution in [-0.4, -0.2) is 34.1 Å². The number of benzene rings is 1. The molecule has 10 heteroatoms. The summed E-state index contributed by atoms with van der Waals surface area (Å²) in [5.41, 5.74) is 1.37. The van der Waals surface area contributed by atoms with Crippen molar-refractivity contribution in [2.45, 2.75) is 33.2 Å². The summed E-state index contributed by atoms with van der Waals surface area (Å²) in [6, 6.07) is 3.59. The van der Waals surface area contributed by atoms with Gasteiger partial charge in [0.1, 0.15) is 0 Å². The second kappa shape index (κ2) is 6.69. The summed E-state index contributed by atoms with van der Waals surface area (Å²) in [4.78, 5) is 29.3. The van der Waals surface area contributed by atoms with Gasteiger partial charge >= 0.3 is 5.69 Å². The molecule has 2 heterocycles. The summed E-state index contributed by atoms with van der Waals surface area (Å²) < 4.78 is 25.2. The van der Waals surface area contributed by atoms with E-state index in [1.54, 1.807) is 18.3 Å². The van der Waals surface area contributed by atoms with Crippen molar-refractivity contribution in [3.05, 3.63) is 50.9 Å². The molecule has 0 aliphatic rings. The molecule has 3 aromatic rings. The lowest BCUT2D eigenvalue weighted by Gasteiger charge is -2.11. The Labute approximate surface area is 155 Å². The minimum atomic E-state index is -3.79. The Hall–Kier alpha value is -2.88. The standard InChI is InChI=1S/C17H21N5O4S/c1-5-11-6-15-14(7-13(11)12-8-18-21(9-12)10(2)3)16(23)22(17(24)19-15)20-27(4,25)26/h6-10,20H,5H2,1-4H3,(H,19,24). The van der Waals surface area contributed by atoms with Crippen LogP contribution in [0.15, 0.2) is 34.1 Å². The molecule has 0 unspecified atom stereocenters. The van der Waals surface area contributed by atoms with Crippen LogP contribution in [-0.2, 0) is 16.4 Å². The minimum absolute atomic E-state index is 0.192. The first-order chi connectivity index (χ1) is 12.6. The average Bonchev–Trinajstić information content (AvgIpc) is 3.07. The molecule has 0 saturated carbocycles. The van der Waals surface area contributed by atoms with E-state index < -0.39 is 21.3 Å². The van der Waals surface area contributed by atoms with Crippen molar-refractivity contribution in [3.63, 3.8) is 0 Å². The van der Waals surface area contributed by atoms with Gasteiger partial charge in [0.25, 0.3) is 5.56 Å². The fourth-order valence-corrected chi connectivity index (χ4v) is 3.38. The molecule has 0 bridgehead atoms. The highest BCUT2D eigenvalue weighted by Gasteiger charge is 2.15. The number of aromatic amines is 1. The zero-order valence-corrected chi connectivity index (χ0v) is 16.3. The van der Waals surface area contributed by atoms with Gasteiger partial charge in [-0.2, -0.15) is 9.77 Å². The molecule has 0 fully saturated rings. The highest BCUT2D eigenvalue weighted by molar-refractivity contribution is 7.91. The number of nitrogens with one attached hydrogen (secondary N) is 2. The number of fused-ring (bicyclic) bond motifs is 1. The van der Waals surface area contributed by atoms with Gasteiger partial charge in [-0.1, -0.05) is 6.92 Å². The molecule has 9 nitrogen and oxygen atoms in total. The van der Waals surface area contributed by atoms with Gasteiger partial charge in [-0.25, -0.2) is 18.0 Å². The molecule has 1 aromatic carbocycles. The highest BCUT2D eigenvalue weighted by atomic mass is 32.2. The summed E-state index contributed by atoms with van der Waals surface area (Å²) in [6.45, 7) is 6.00. The van der Waals surface area contributed by atoms with Crippen LogP contribution in [0.2, 0.25) is 0 Å². The van der Waals surface area contributed by atoms with Crippen LogP contribution in [0.4, 0.5) is 0 Å². The zero-order valence-electron chi connectivity index (χ0n) is 15.5. The SMILES string of the molecule is CCc1cc2[nH]c(=O)n(NS(C)(=O)=O)c(=O)c2cc1-c1cnn(C(C)C)c1. The van der Waals surface area contributed by atoms with Crippen LogP contribution in [0, 0.1) is 0 Å². The maximum absolute atomic E-state index is 12.7. The van der Waals surface area contributed by atoms with Crippen LogP contribution in [0.25, 0.3) is 22.0 Å². The Kier molecular flexibility index (Phi) is 4.68. The molecular formula is C17H21N5O4S. The van der Waals surface area contributed by atoms with Crippen LogP contribution in [0.5, 0.6) is 0 Å². The van der Waals surface area contributed by atoms with Gasteiger partial charge in [-0.15, -0.1) is 0 Å². The summed E-state index contributed by atoms with van der Waals surface area (Å²) in [7, 11) is -3.79. The summed E-state index contributed by atoms with van der Waals surface area (Å²) in [5.74, 6) is 0. The zero-order chi connectivity index (χ0) is 19.9.